The SMILES string of the molecule is C=CC1=C(/C(=C\C)C(=O)C(/C=C2/CCCCC2=C)=C/C)CCCC1.CC.CC.CC.CC. The Bertz CT molecular complexity index is 650. The first-order valence-corrected chi connectivity index (χ1v) is 13.2. The first kappa shape index (κ1) is 34.7. The first-order chi connectivity index (χ1) is 15.6. The van der Waals surface area contributed by atoms with Gasteiger partial charge < -0.3 is 0 Å². The highest BCUT2D eigenvalue weighted by Gasteiger charge is 2.21. The molecule has 0 atom stereocenters. The van der Waals surface area contributed by atoms with Crippen LogP contribution in [0.4, 0.5) is 0 Å². The molecule has 0 aliphatic heterocycles. The van der Waals surface area contributed by atoms with E-state index in [1.165, 1.54) is 41.6 Å². The molecule has 1 nitrogen and oxygen atoms in total. The molecule has 0 spiro atoms. The van der Waals surface area contributed by atoms with E-state index >= 15 is 0 Å². The number of carbonyl (C=O) groups excluding carboxylic acids is 1. The molecule has 0 aromatic heterocycles. The normalized spacial score (nSPS) is 17.3. The Morgan fingerprint density at radius 3 is 1.72 bits per heavy atom. The molecule has 0 aromatic carbocycles. The van der Waals surface area contributed by atoms with E-state index in [1.54, 1.807) is 0 Å². The lowest BCUT2D eigenvalue weighted by Gasteiger charge is -2.21. The van der Waals surface area contributed by atoms with Gasteiger partial charge in [0.15, 0.2) is 5.78 Å². The molecule has 0 heterocycles. The summed E-state index contributed by atoms with van der Waals surface area (Å²) in [5.74, 6) is 0.141. The summed E-state index contributed by atoms with van der Waals surface area (Å²) >= 11 is 0. The van der Waals surface area contributed by atoms with Crippen molar-refractivity contribution in [2.75, 3.05) is 0 Å². The van der Waals surface area contributed by atoms with Crippen molar-refractivity contribution in [3.05, 3.63) is 70.9 Å². The quantitative estimate of drug-likeness (QED) is 0.387. The maximum absolute atomic E-state index is 13.2. The van der Waals surface area contributed by atoms with Crippen LogP contribution in [0.3, 0.4) is 0 Å². The number of carbonyl (C=O) groups is 1. The van der Waals surface area contributed by atoms with Crippen LogP contribution in [0.1, 0.15) is 121 Å². The lowest BCUT2D eigenvalue weighted by atomic mass is 9.83. The molecule has 0 saturated heterocycles. The Morgan fingerprint density at radius 2 is 1.25 bits per heavy atom. The summed E-state index contributed by atoms with van der Waals surface area (Å²) in [6, 6.07) is 0. The van der Waals surface area contributed by atoms with Gasteiger partial charge in [-0.25, -0.2) is 0 Å². The van der Waals surface area contributed by atoms with Crippen LogP contribution in [-0.4, -0.2) is 5.78 Å². The van der Waals surface area contributed by atoms with Gasteiger partial charge in [0.05, 0.1) is 0 Å². The molecule has 2 aliphatic carbocycles. The van der Waals surface area contributed by atoms with Gasteiger partial charge in [-0.3, -0.25) is 4.79 Å². The summed E-state index contributed by atoms with van der Waals surface area (Å²) in [5.41, 5.74) is 6.54. The molecule has 184 valence electrons. The van der Waals surface area contributed by atoms with Crippen molar-refractivity contribution in [3.63, 3.8) is 0 Å². The fourth-order valence-corrected chi connectivity index (χ4v) is 3.69. The van der Waals surface area contributed by atoms with Crippen LogP contribution in [0.25, 0.3) is 0 Å². The highest BCUT2D eigenvalue weighted by Crippen LogP contribution is 2.33. The topological polar surface area (TPSA) is 17.1 Å². The van der Waals surface area contributed by atoms with Gasteiger partial charge in [-0.1, -0.05) is 92.3 Å². The molecule has 0 N–H and O–H groups in total. The van der Waals surface area contributed by atoms with E-state index in [4.69, 9.17) is 0 Å². The van der Waals surface area contributed by atoms with Crippen molar-refractivity contribution in [1.29, 1.82) is 0 Å². The molecule has 2 rings (SSSR count). The van der Waals surface area contributed by atoms with Gasteiger partial charge in [-0.05, 0) is 88.0 Å². The molecule has 32 heavy (non-hydrogen) atoms. The van der Waals surface area contributed by atoms with Crippen molar-refractivity contribution < 1.29 is 4.79 Å². The maximum atomic E-state index is 13.2. The minimum atomic E-state index is 0.141. The van der Waals surface area contributed by atoms with Gasteiger partial charge in [0.2, 0.25) is 0 Å². The van der Waals surface area contributed by atoms with Gasteiger partial charge in [0, 0.05) is 11.1 Å². The predicted molar refractivity (Wildman–Crippen MR) is 149 cm³/mol. The van der Waals surface area contributed by atoms with Gasteiger partial charge in [0.25, 0.3) is 0 Å². The zero-order valence-corrected chi connectivity index (χ0v) is 23.3. The molecule has 0 radical (unpaired) electrons. The highest BCUT2D eigenvalue weighted by molar-refractivity contribution is 6.13. The lowest BCUT2D eigenvalue weighted by molar-refractivity contribution is -0.111. The van der Waals surface area contributed by atoms with Crippen molar-refractivity contribution in [3.8, 4) is 0 Å². The lowest BCUT2D eigenvalue weighted by Crippen LogP contribution is -2.12. The Morgan fingerprint density at radius 1 is 0.750 bits per heavy atom. The molecule has 1 heteroatoms. The van der Waals surface area contributed by atoms with Gasteiger partial charge in [-0.15, -0.1) is 0 Å². The number of rotatable bonds is 5. The number of allylic oxidation sites excluding steroid dienone is 10. The van der Waals surface area contributed by atoms with E-state index < -0.39 is 0 Å². The average Bonchev–Trinajstić information content (AvgIpc) is 2.89. The van der Waals surface area contributed by atoms with Crippen molar-refractivity contribution in [2.24, 2.45) is 0 Å². The third kappa shape index (κ3) is 11.7. The molecule has 0 unspecified atom stereocenters. The number of hydrogen-bond donors (Lipinski definition) is 0. The summed E-state index contributed by atoms with van der Waals surface area (Å²) < 4.78 is 0. The molecule has 0 aromatic rings. The van der Waals surface area contributed by atoms with Crippen molar-refractivity contribution >= 4 is 5.78 Å². The van der Waals surface area contributed by atoms with Crippen LogP contribution in [0.5, 0.6) is 0 Å². The fraction of sp³-hybridized carbons (Fsp3) is 0.581. The summed E-state index contributed by atoms with van der Waals surface area (Å²) in [6.45, 7) is 28.0. The molecular weight excluding hydrogens is 388 g/mol. The van der Waals surface area contributed by atoms with Crippen LogP contribution in [-0.2, 0) is 4.79 Å². The van der Waals surface area contributed by atoms with Crippen LogP contribution in [0.2, 0.25) is 0 Å². The standard InChI is InChI=1S/C23H30O.4C2H6/c1-5-18-13-10-11-15-22(18)21(7-3)23(24)19(6-2)16-20-14-9-8-12-17(20)4;4*1-2/h5-7,16H,1,4,8-15H2,2-3H3;4*1-2H3/b19-6+,20-16-,21-7+;;;;. The summed E-state index contributed by atoms with van der Waals surface area (Å²) in [7, 11) is 0. The number of ketones is 1. The molecule has 1 saturated carbocycles. The number of hydrogen-bond acceptors (Lipinski definition) is 1. The Hall–Kier alpha value is -1.89. The summed E-state index contributed by atoms with van der Waals surface area (Å²) in [5, 5.41) is 0. The van der Waals surface area contributed by atoms with Crippen LogP contribution < -0.4 is 0 Å². The van der Waals surface area contributed by atoms with Gasteiger partial charge in [-0.2, -0.15) is 0 Å². The Balaban J connectivity index is -0.000000945. The van der Waals surface area contributed by atoms with E-state index in [0.29, 0.717) is 0 Å². The van der Waals surface area contributed by atoms with Gasteiger partial charge in [0.1, 0.15) is 0 Å². The second-order valence-electron chi connectivity index (χ2n) is 6.67. The second-order valence-corrected chi connectivity index (χ2v) is 6.67. The Kier molecular flexibility index (Phi) is 25.8. The van der Waals surface area contributed by atoms with Crippen LogP contribution in [0, 0.1) is 0 Å². The first-order valence-electron chi connectivity index (χ1n) is 13.2. The minimum Gasteiger partial charge on any atom is -0.289 e. The van der Waals surface area contributed by atoms with Crippen LogP contribution in [0.15, 0.2) is 70.9 Å². The van der Waals surface area contributed by atoms with Crippen molar-refractivity contribution in [2.45, 2.75) is 121 Å². The maximum Gasteiger partial charge on any atom is 0.192 e. The van der Waals surface area contributed by atoms with E-state index in [1.807, 2.05) is 87.5 Å². The minimum absolute atomic E-state index is 0.141. The van der Waals surface area contributed by atoms with E-state index in [2.05, 4.69) is 19.2 Å². The monoisotopic (exact) mass is 442 g/mol. The van der Waals surface area contributed by atoms with E-state index in [-0.39, 0.29) is 5.78 Å². The molecule has 1 fully saturated rings. The van der Waals surface area contributed by atoms with Crippen molar-refractivity contribution in [1.82, 2.24) is 0 Å². The number of Topliss-reactive ketones (excluding diaryl/α,β-unsaturated/α-hetero) is 1. The summed E-state index contributed by atoms with van der Waals surface area (Å²) in [4.78, 5) is 13.2. The molecule has 2 aliphatic rings. The Labute approximate surface area is 202 Å². The average molecular weight is 443 g/mol. The molecular formula is C31H54O. The third-order valence-electron chi connectivity index (χ3n) is 5.15. The molecule has 0 amide bonds. The van der Waals surface area contributed by atoms with E-state index in [9.17, 15) is 4.79 Å². The highest BCUT2D eigenvalue weighted by atomic mass is 16.1. The fourth-order valence-electron chi connectivity index (χ4n) is 3.69. The molecule has 0 bridgehead atoms. The third-order valence-corrected chi connectivity index (χ3v) is 5.15. The zero-order valence-electron chi connectivity index (χ0n) is 23.3. The van der Waals surface area contributed by atoms with E-state index in [0.717, 1.165) is 43.3 Å². The smallest absolute Gasteiger partial charge is 0.192 e. The van der Waals surface area contributed by atoms with Gasteiger partial charge >= 0.3 is 0 Å². The second kappa shape index (κ2) is 23.8. The largest absolute Gasteiger partial charge is 0.289 e. The summed E-state index contributed by atoms with van der Waals surface area (Å²) in [6.07, 6.45) is 16.8. The predicted octanol–water partition coefficient (Wildman–Crippen LogP) is 10.7. The zero-order chi connectivity index (χ0) is 25.5. The van der Waals surface area contributed by atoms with Crippen LogP contribution >= 0.6 is 0 Å².